The highest BCUT2D eigenvalue weighted by Crippen LogP contribution is 2.34. The molecule has 0 aliphatic carbocycles. The summed E-state index contributed by atoms with van der Waals surface area (Å²) in [7, 11) is 1.61. The molecule has 2 unspecified atom stereocenters. The van der Waals surface area contributed by atoms with Crippen molar-refractivity contribution in [1.82, 2.24) is 15.1 Å². The second-order valence-corrected chi connectivity index (χ2v) is 15.5. The number of piperidine rings is 1. The first-order valence-electron chi connectivity index (χ1n) is 19.9. The van der Waals surface area contributed by atoms with E-state index in [1.54, 1.807) is 19.2 Å². The number of aryl methyl sites for hydroxylation is 1. The summed E-state index contributed by atoms with van der Waals surface area (Å²) in [6.07, 6.45) is -0.118. The van der Waals surface area contributed by atoms with E-state index in [1.165, 1.54) is 43.2 Å². The number of hydrogen-bond donors (Lipinski definition) is 3. The average Bonchev–Trinajstić information content (AvgIpc) is 3.21. The molecule has 3 atom stereocenters. The second kappa shape index (κ2) is 21.0. The Morgan fingerprint density at radius 2 is 1.71 bits per heavy atom. The fraction of sp³-hybridized carbons (Fsp3) is 0.477. The lowest BCUT2D eigenvalue weighted by Gasteiger charge is -2.36. The van der Waals surface area contributed by atoms with E-state index in [0.717, 1.165) is 61.5 Å². The van der Waals surface area contributed by atoms with Crippen LogP contribution in [0.4, 0.5) is 24.5 Å². The SMILES string of the molecule is CCC(C)CCCN1CCN(c2ccc(OC[C@](C)(O)C(=O)Nc3ccc(C#N)c(C(F)(F)F)c3)cc2)CC1.Cc1ccc(CC(=O)N(C)C2CCC(=O)NC2=O)cc1. The summed E-state index contributed by atoms with van der Waals surface area (Å²) in [5.41, 5.74) is -0.811. The molecule has 4 amide bonds. The lowest BCUT2D eigenvalue weighted by molar-refractivity contribution is -0.144. The zero-order valence-electron chi connectivity index (χ0n) is 34.4. The second-order valence-electron chi connectivity index (χ2n) is 15.5. The van der Waals surface area contributed by atoms with Crippen LogP contribution in [-0.2, 0) is 31.8 Å². The highest BCUT2D eigenvalue weighted by Gasteiger charge is 2.36. The fourth-order valence-electron chi connectivity index (χ4n) is 6.59. The Labute approximate surface area is 344 Å². The number of carbonyl (C=O) groups excluding carboxylic acids is 4. The van der Waals surface area contributed by atoms with Gasteiger partial charge < -0.3 is 25.0 Å². The van der Waals surface area contributed by atoms with Gasteiger partial charge in [-0.1, -0.05) is 50.1 Å². The van der Waals surface area contributed by atoms with Crippen LogP contribution in [0.2, 0.25) is 0 Å². The number of hydrogen-bond acceptors (Lipinski definition) is 9. The lowest BCUT2D eigenvalue weighted by Crippen LogP contribution is -2.53. The van der Waals surface area contributed by atoms with E-state index in [2.05, 4.69) is 34.3 Å². The smallest absolute Gasteiger partial charge is 0.417 e. The molecule has 3 aromatic rings. The molecule has 2 saturated heterocycles. The number of alkyl halides is 3. The maximum absolute atomic E-state index is 13.2. The lowest BCUT2D eigenvalue weighted by atomic mass is 10.0. The number of benzene rings is 3. The third-order valence-electron chi connectivity index (χ3n) is 10.7. The van der Waals surface area contributed by atoms with Crippen molar-refractivity contribution in [2.75, 3.05) is 56.6 Å². The summed E-state index contributed by atoms with van der Waals surface area (Å²) in [5, 5.41) is 24.1. The van der Waals surface area contributed by atoms with Crippen LogP contribution in [0.3, 0.4) is 0 Å². The van der Waals surface area contributed by atoms with E-state index in [9.17, 15) is 37.5 Å². The quantitative estimate of drug-likeness (QED) is 0.164. The molecule has 318 valence electrons. The average molecular weight is 821 g/mol. The van der Waals surface area contributed by atoms with E-state index in [-0.39, 0.29) is 36.3 Å². The van der Waals surface area contributed by atoms with Gasteiger partial charge in [0, 0.05) is 51.0 Å². The van der Waals surface area contributed by atoms with Crippen molar-refractivity contribution in [1.29, 1.82) is 5.26 Å². The number of amides is 4. The zero-order valence-corrected chi connectivity index (χ0v) is 34.4. The minimum atomic E-state index is -4.76. The van der Waals surface area contributed by atoms with E-state index < -0.39 is 41.5 Å². The van der Waals surface area contributed by atoms with Gasteiger partial charge in [-0.3, -0.25) is 29.4 Å². The van der Waals surface area contributed by atoms with E-state index in [1.807, 2.05) is 43.3 Å². The van der Waals surface area contributed by atoms with E-state index in [4.69, 9.17) is 10.00 Å². The molecule has 5 rings (SSSR count). The van der Waals surface area contributed by atoms with Crippen LogP contribution in [-0.4, -0.2) is 96.6 Å². The minimum Gasteiger partial charge on any atom is -0.490 e. The summed E-state index contributed by atoms with van der Waals surface area (Å²) < 4.78 is 45.2. The molecule has 15 heteroatoms. The monoisotopic (exact) mass is 820 g/mol. The van der Waals surface area contributed by atoms with Crippen LogP contribution in [0, 0.1) is 24.2 Å². The number of nitrogens with one attached hydrogen (secondary N) is 2. The van der Waals surface area contributed by atoms with Crippen LogP contribution in [0.15, 0.2) is 66.7 Å². The van der Waals surface area contributed by atoms with E-state index in [0.29, 0.717) is 18.2 Å². The Balaban J connectivity index is 0.000000321. The molecule has 2 aliphatic rings. The number of nitriles is 1. The van der Waals surface area contributed by atoms with Crippen LogP contribution in [0.1, 0.15) is 75.1 Å². The number of halogens is 3. The topological polar surface area (TPSA) is 155 Å². The van der Waals surface area contributed by atoms with Gasteiger partial charge in [-0.2, -0.15) is 18.4 Å². The minimum absolute atomic E-state index is 0.122. The van der Waals surface area contributed by atoms with Crippen molar-refractivity contribution in [2.24, 2.45) is 5.92 Å². The number of ether oxygens (including phenoxy) is 1. The molecule has 3 aromatic carbocycles. The fourth-order valence-corrected chi connectivity index (χ4v) is 6.59. The summed E-state index contributed by atoms with van der Waals surface area (Å²) >= 11 is 0. The standard InChI is InChI=1S/C29H37F3N4O3.C15H18N2O3/c1-4-21(2)6-5-13-35-14-16-36(17-15-35)24-9-11-25(12-10-24)39-20-28(3,38)27(37)34-23-8-7-22(19-33)26(18-23)29(30,31)32;1-10-3-5-11(6-4-10)9-14(19)17(2)12-7-8-13(18)16-15(12)20/h7-12,18,21,38H,4-6,13-17,20H2,1-3H3,(H,34,37);3-6,12H,7-9H2,1-2H3,(H,16,18,20)/t21?,28-;/m0./s1. The number of piperazine rings is 1. The molecule has 59 heavy (non-hydrogen) atoms. The normalized spacial score (nSPS) is 17.4. The summed E-state index contributed by atoms with van der Waals surface area (Å²) in [6, 6.07) is 18.8. The Kier molecular flexibility index (Phi) is 16.4. The number of imide groups is 1. The van der Waals surface area contributed by atoms with Crippen molar-refractivity contribution in [3.8, 4) is 11.8 Å². The van der Waals surface area contributed by atoms with Crippen molar-refractivity contribution in [2.45, 2.75) is 84.0 Å². The van der Waals surface area contributed by atoms with Crippen molar-refractivity contribution in [3.05, 3.63) is 89.0 Å². The van der Waals surface area contributed by atoms with Gasteiger partial charge in [-0.05, 0) is 93.6 Å². The third-order valence-corrected chi connectivity index (χ3v) is 10.7. The van der Waals surface area contributed by atoms with Crippen molar-refractivity contribution >= 4 is 35.0 Å². The molecular weight excluding hydrogens is 766 g/mol. The largest absolute Gasteiger partial charge is 0.490 e. The van der Waals surface area contributed by atoms with Crippen LogP contribution in [0.25, 0.3) is 0 Å². The molecule has 2 heterocycles. The highest BCUT2D eigenvalue weighted by molar-refractivity contribution is 6.01. The Bertz CT molecular complexity index is 1940. The van der Waals surface area contributed by atoms with Gasteiger partial charge >= 0.3 is 6.18 Å². The summed E-state index contributed by atoms with van der Waals surface area (Å²) in [5.74, 6) is -0.485. The number of aliphatic hydroxyl groups is 1. The molecule has 0 spiro atoms. The third kappa shape index (κ3) is 13.8. The maximum Gasteiger partial charge on any atom is 0.417 e. The number of rotatable bonds is 14. The Morgan fingerprint density at radius 1 is 1.05 bits per heavy atom. The molecule has 2 fully saturated rings. The van der Waals surface area contributed by atoms with Crippen LogP contribution >= 0.6 is 0 Å². The van der Waals surface area contributed by atoms with Gasteiger partial charge in [0.05, 0.1) is 23.6 Å². The maximum atomic E-state index is 13.2. The number of anilines is 2. The Hall–Kier alpha value is -5.46. The molecule has 2 aliphatic heterocycles. The van der Waals surface area contributed by atoms with E-state index >= 15 is 0 Å². The number of carbonyl (C=O) groups is 4. The molecule has 0 saturated carbocycles. The van der Waals surface area contributed by atoms with Gasteiger partial charge in [-0.15, -0.1) is 0 Å². The first kappa shape index (κ1) is 46.2. The zero-order chi connectivity index (χ0) is 43.3. The van der Waals surface area contributed by atoms with Gasteiger partial charge in [-0.25, -0.2) is 0 Å². The Morgan fingerprint density at radius 3 is 2.31 bits per heavy atom. The van der Waals surface area contributed by atoms with Gasteiger partial charge in [0.25, 0.3) is 5.91 Å². The molecule has 0 bridgehead atoms. The molecule has 12 nitrogen and oxygen atoms in total. The molecular formula is C44H55F3N6O6. The van der Waals surface area contributed by atoms with Gasteiger partial charge in [0.1, 0.15) is 18.4 Å². The van der Waals surface area contributed by atoms with Crippen molar-refractivity contribution < 1.29 is 42.2 Å². The van der Waals surface area contributed by atoms with Crippen LogP contribution in [0.5, 0.6) is 5.75 Å². The van der Waals surface area contributed by atoms with Crippen LogP contribution < -0.4 is 20.3 Å². The summed E-state index contributed by atoms with van der Waals surface area (Å²) in [4.78, 5) is 53.8. The molecule has 0 aromatic heterocycles. The first-order valence-corrected chi connectivity index (χ1v) is 19.9. The predicted octanol–water partition coefficient (Wildman–Crippen LogP) is 6.10. The molecule has 3 N–H and O–H groups in total. The number of nitrogens with zero attached hydrogens (tertiary/aromatic N) is 4. The van der Waals surface area contributed by atoms with Crippen molar-refractivity contribution in [3.63, 3.8) is 0 Å². The first-order chi connectivity index (χ1) is 27.9. The highest BCUT2D eigenvalue weighted by atomic mass is 19.4. The van der Waals surface area contributed by atoms with Gasteiger partial charge in [0.15, 0.2) is 5.60 Å². The summed E-state index contributed by atoms with van der Waals surface area (Å²) in [6.45, 7) is 12.4. The number of likely N-dealkylation sites (N-methyl/N-ethyl adjacent to an activating group) is 1. The molecule has 0 radical (unpaired) electrons. The predicted molar refractivity (Wildman–Crippen MR) is 219 cm³/mol. The van der Waals surface area contributed by atoms with Gasteiger partial charge in [0.2, 0.25) is 17.7 Å².